The fraction of sp³-hybridized carbons (Fsp3) is 0.647. The Morgan fingerprint density at radius 2 is 1.89 bits per heavy atom. The predicted molar refractivity (Wildman–Crippen MR) is 76.5 cm³/mol. The van der Waals surface area contributed by atoms with Crippen LogP contribution in [0.3, 0.4) is 0 Å². The third-order valence-electron chi connectivity index (χ3n) is 4.51. The first-order chi connectivity index (χ1) is 8.94. The molecule has 0 spiro atoms. The second-order valence-electron chi connectivity index (χ2n) is 6.58. The van der Waals surface area contributed by atoms with Crippen LogP contribution in [0.5, 0.6) is 0 Å². The summed E-state index contributed by atoms with van der Waals surface area (Å²) in [5.41, 5.74) is 1.33. The van der Waals surface area contributed by atoms with Crippen LogP contribution in [0.2, 0.25) is 0 Å². The minimum atomic E-state index is -0.535. The summed E-state index contributed by atoms with van der Waals surface area (Å²) in [6, 6.07) is 5.16. The molecule has 1 atom stereocenters. The average molecular weight is 264 g/mol. The molecule has 106 valence electrons. The Morgan fingerprint density at radius 3 is 2.42 bits per heavy atom. The van der Waals surface area contributed by atoms with E-state index in [0.29, 0.717) is 11.5 Å². The first-order valence-electron chi connectivity index (χ1n) is 7.39. The van der Waals surface area contributed by atoms with Crippen molar-refractivity contribution in [1.29, 1.82) is 0 Å². The standard InChI is InChI=1S/C17H25FO/c1-12(2)11-17(8-4-5-9-17)16(19)14-7-6-13(3)15(18)10-14/h6-7,10,12,16,19H,4-5,8-9,11H2,1-3H3. The van der Waals surface area contributed by atoms with E-state index in [0.717, 1.165) is 24.8 Å². The second kappa shape index (κ2) is 5.62. The molecule has 1 unspecified atom stereocenters. The first-order valence-corrected chi connectivity index (χ1v) is 7.39. The van der Waals surface area contributed by atoms with Gasteiger partial charge in [0.1, 0.15) is 5.82 Å². The van der Waals surface area contributed by atoms with Crippen molar-refractivity contribution >= 4 is 0 Å². The molecule has 1 N–H and O–H groups in total. The fourth-order valence-electron chi connectivity index (χ4n) is 3.61. The van der Waals surface area contributed by atoms with Gasteiger partial charge in [-0.05, 0) is 49.3 Å². The highest BCUT2D eigenvalue weighted by molar-refractivity contribution is 5.26. The summed E-state index contributed by atoms with van der Waals surface area (Å²) < 4.78 is 13.7. The minimum absolute atomic E-state index is 0.0458. The molecule has 1 aromatic carbocycles. The molecule has 0 aromatic heterocycles. The maximum absolute atomic E-state index is 13.7. The molecule has 0 aliphatic heterocycles. The van der Waals surface area contributed by atoms with E-state index < -0.39 is 6.10 Å². The molecule has 1 saturated carbocycles. The van der Waals surface area contributed by atoms with Gasteiger partial charge in [-0.3, -0.25) is 0 Å². The number of hydrogen-bond acceptors (Lipinski definition) is 1. The minimum Gasteiger partial charge on any atom is -0.388 e. The lowest BCUT2D eigenvalue weighted by Crippen LogP contribution is -2.28. The third-order valence-corrected chi connectivity index (χ3v) is 4.51. The van der Waals surface area contributed by atoms with E-state index in [-0.39, 0.29) is 11.2 Å². The van der Waals surface area contributed by atoms with E-state index in [4.69, 9.17) is 0 Å². The number of hydrogen-bond donors (Lipinski definition) is 1. The molecule has 1 aliphatic rings. The summed E-state index contributed by atoms with van der Waals surface area (Å²) in [6.45, 7) is 6.15. The van der Waals surface area contributed by atoms with Crippen molar-refractivity contribution in [3.63, 3.8) is 0 Å². The molecular formula is C17H25FO. The third kappa shape index (κ3) is 3.00. The molecule has 2 rings (SSSR count). The zero-order valence-corrected chi connectivity index (χ0v) is 12.2. The van der Waals surface area contributed by atoms with Crippen LogP contribution in [0, 0.1) is 24.1 Å². The summed E-state index contributed by atoms with van der Waals surface area (Å²) in [5.74, 6) is 0.345. The Bertz CT molecular complexity index is 433. The van der Waals surface area contributed by atoms with E-state index >= 15 is 0 Å². The van der Waals surface area contributed by atoms with E-state index in [2.05, 4.69) is 13.8 Å². The molecule has 2 heteroatoms. The quantitative estimate of drug-likeness (QED) is 0.830. The van der Waals surface area contributed by atoms with Crippen LogP contribution >= 0.6 is 0 Å². The van der Waals surface area contributed by atoms with E-state index in [1.165, 1.54) is 18.9 Å². The topological polar surface area (TPSA) is 20.2 Å². The average Bonchev–Trinajstić information content (AvgIpc) is 2.80. The van der Waals surface area contributed by atoms with E-state index in [9.17, 15) is 9.50 Å². The molecule has 1 nitrogen and oxygen atoms in total. The van der Waals surface area contributed by atoms with Crippen LogP contribution in [0.4, 0.5) is 4.39 Å². The van der Waals surface area contributed by atoms with Crippen molar-refractivity contribution in [3.05, 3.63) is 35.1 Å². The monoisotopic (exact) mass is 264 g/mol. The normalized spacial score (nSPS) is 19.9. The molecule has 19 heavy (non-hydrogen) atoms. The zero-order valence-electron chi connectivity index (χ0n) is 12.2. The van der Waals surface area contributed by atoms with Crippen LogP contribution in [-0.2, 0) is 0 Å². The van der Waals surface area contributed by atoms with Crippen molar-refractivity contribution in [1.82, 2.24) is 0 Å². The highest BCUT2D eigenvalue weighted by Gasteiger charge is 2.41. The van der Waals surface area contributed by atoms with Crippen LogP contribution in [0.15, 0.2) is 18.2 Å². The Balaban J connectivity index is 2.28. The second-order valence-corrected chi connectivity index (χ2v) is 6.58. The number of aliphatic hydroxyl groups excluding tert-OH is 1. The summed E-state index contributed by atoms with van der Waals surface area (Å²) in [5, 5.41) is 10.8. The first kappa shape index (κ1) is 14.5. The van der Waals surface area contributed by atoms with Crippen molar-refractivity contribution in [2.75, 3.05) is 0 Å². The predicted octanol–water partition coefficient (Wildman–Crippen LogP) is 4.77. The number of aryl methyl sites for hydroxylation is 1. The van der Waals surface area contributed by atoms with Gasteiger partial charge in [0.25, 0.3) is 0 Å². The number of benzene rings is 1. The van der Waals surface area contributed by atoms with Crippen LogP contribution in [0.25, 0.3) is 0 Å². The summed E-state index contributed by atoms with van der Waals surface area (Å²) in [4.78, 5) is 0. The van der Waals surface area contributed by atoms with Gasteiger partial charge in [0.15, 0.2) is 0 Å². The van der Waals surface area contributed by atoms with E-state index in [1.54, 1.807) is 13.0 Å². The summed E-state index contributed by atoms with van der Waals surface area (Å²) in [6.07, 6.45) is 4.95. The van der Waals surface area contributed by atoms with Gasteiger partial charge in [0, 0.05) is 5.41 Å². The Labute approximate surface area is 115 Å². The van der Waals surface area contributed by atoms with Gasteiger partial charge in [-0.1, -0.05) is 38.8 Å². The van der Waals surface area contributed by atoms with Gasteiger partial charge in [-0.2, -0.15) is 0 Å². The van der Waals surface area contributed by atoms with Gasteiger partial charge in [0.2, 0.25) is 0 Å². The number of halogens is 1. The Morgan fingerprint density at radius 1 is 1.26 bits per heavy atom. The lowest BCUT2D eigenvalue weighted by molar-refractivity contribution is 0.0110. The smallest absolute Gasteiger partial charge is 0.126 e. The molecule has 1 aliphatic carbocycles. The highest BCUT2D eigenvalue weighted by Crippen LogP contribution is 2.51. The SMILES string of the molecule is Cc1ccc(C(O)C2(CC(C)C)CCCC2)cc1F. The largest absolute Gasteiger partial charge is 0.388 e. The Hall–Kier alpha value is -0.890. The Kier molecular flexibility index (Phi) is 4.29. The van der Waals surface area contributed by atoms with Crippen molar-refractivity contribution in [2.24, 2.45) is 11.3 Å². The van der Waals surface area contributed by atoms with Gasteiger partial charge in [0.05, 0.1) is 6.10 Å². The summed E-state index contributed by atoms with van der Waals surface area (Å²) in [7, 11) is 0. The van der Waals surface area contributed by atoms with Gasteiger partial charge in [-0.25, -0.2) is 4.39 Å². The van der Waals surface area contributed by atoms with E-state index in [1.807, 2.05) is 6.07 Å². The molecule has 0 radical (unpaired) electrons. The lowest BCUT2D eigenvalue weighted by Gasteiger charge is -2.36. The maximum atomic E-state index is 13.7. The van der Waals surface area contributed by atoms with Crippen LogP contribution in [0.1, 0.15) is 63.2 Å². The lowest BCUT2D eigenvalue weighted by atomic mass is 9.72. The van der Waals surface area contributed by atoms with Gasteiger partial charge >= 0.3 is 0 Å². The van der Waals surface area contributed by atoms with Crippen molar-refractivity contribution < 1.29 is 9.50 Å². The molecule has 0 bridgehead atoms. The zero-order chi connectivity index (χ0) is 14.0. The van der Waals surface area contributed by atoms with Crippen molar-refractivity contribution in [2.45, 2.75) is 59.0 Å². The van der Waals surface area contributed by atoms with Crippen molar-refractivity contribution in [3.8, 4) is 0 Å². The van der Waals surface area contributed by atoms with Crippen LogP contribution in [-0.4, -0.2) is 5.11 Å². The van der Waals surface area contributed by atoms with Gasteiger partial charge in [-0.15, -0.1) is 0 Å². The highest BCUT2D eigenvalue weighted by atomic mass is 19.1. The fourth-order valence-corrected chi connectivity index (χ4v) is 3.61. The molecule has 1 fully saturated rings. The number of rotatable bonds is 4. The molecule has 0 amide bonds. The van der Waals surface area contributed by atoms with Crippen LogP contribution < -0.4 is 0 Å². The molecule has 0 saturated heterocycles. The molecular weight excluding hydrogens is 239 g/mol. The maximum Gasteiger partial charge on any atom is 0.126 e. The number of aliphatic hydroxyl groups is 1. The molecule has 0 heterocycles. The van der Waals surface area contributed by atoms with Gasteiger partial charge < -0.3 is 5.11 Å². The summed E-state index contributed by atoms with van der Waals surface area (Å²) >= 11 is 0. The molecule has 1 aromatic rings.